The van der Waals surface area contributed by atoms with Crippen molar-refractivity contribution >= 4 is 0 Å². The number of pyridine rings is 1. The lowest BCUT2D eigenvalue weighted by atomic mass is 10.3. The normalized spacial score (nSPS) is 10.5. The molecule has 0 aliphatic carbocycles. The highest BCUT2D eigenvalue weighted by Gasteiger charge is 2.10. The van der Waals surface area contributed by atoms with Crippen LogP contribution in [0.2, 0.25) is 0 Å². The van der Waals surface area contributed by atoms with Gasteiger partial charge in [-0.2, -0.15) is 0 Å². The molecule has 0 amide bonds. The molecule has 0 aromatic carbocycles. The molecule has 7 heteroatoms. The van der Waals surface area contributed by atoms with Crippen molar-refractivity contribution in [1.82, 2.24) is 15.0 Å². The van der Waals surface area contributed by atoms with Crippen LogP contribution in [0.1, 0.15) is 17.1 Å². The Morgan fingerprint density at radius 2 is 2.11 bits per heavy atom. The molecule has 5 nitrogen and oxygen atoms in total. The molecule has 0 bridgehead atoms. The second-order valence-corrected chi connectivity index (χ2v) is 3.95. The van der Waals surface area contributed by atoms with Crippen LogP contribution < -0.4 is 10.3 Å². The number of aromatic amines is 1. The van der Waals surface area contributed by atoms with Crippen molar-refractivity contribution in [2.24, 2.45) is 0 Å². The fraction of sp³-hybridized carbons (Fsp3) is 0.250. The molecule has 2 aromatic heterocycles. The number of halogens is 2. The van der Waals surface area contributed by atoms with Crippen LogP contribution in [-0.4, -0.2) is 15.0 Å². The summed E-state index contributed by atoms with van der Waals surface area (Å²) in [6.45, 7) is 2.91. The highest BCUT2D eigenvalue weighted by atomic mass is 19.1. The fourth-order valence-electron chi connectivity index (χ4n) is 1.45. The highest BCUT2D eigenvalue weighted by molar-refractivity contribution is 5.22. The van der Waals surface area contributed by atoms with Crippen LogP contribution in [0, 0.1) is 25.5 Å². The number of hydrogen-bond acceptors (Lipinski definition) is 4. The number of aryl methyl sites for hydroxylation is 1. The van der Waals surface area contributed by atoms with E-state index < -0.39 is 11.6 Å². The van der Waals surface area contributed by atoms with E-state index in [0.29, 0.717) is 5.82 Å². The Kier molecular flexibility index (Phi) is 3.55. The van der Waals surface area contributed by atoms with Gasteiger partial charge in [0.1, 0.15) is 23.9 Å². The summed E-state index contributed by atoms with van der Waals surface area (Å²) < 4.78 is 31.3. The summed E-state index contributed by atoms with van der Waals surface area (Å²) in [5.41, 5.74) is -0.0938. The molecule has 0 fully saturated rings. The average molecular weight is 267 g/mol. The topological polar surface area (TPSA) is 67.9 Å². The van der Waals surface area contributed by atoms with Gasteiger partial charge in [-0.3, -0.25) is 9.78 Å². The largest absolute Gasteiger partial charge is 0.471 e. The van der Waals surface area contributed by atoms with Crippen LogP contribution in [0.3, 0.4) is 0 Å². The molecule has 100 valence electrons. The molecule has 0 saturated heterocycles. The summed E-state index contributed by atoms with van der Waals surface area (Å²) >= 11 is 0. The van der Waals surface area contributed by atoms with Gasteiger partial charge < -0.3 is 9.72 Å². The van der Waals surface area contributed by atoms with E-state index in [0.717, 1.165) is 12.3 Å². The predicted octanol–water partition coefficient (Wildman–Crippen LogP) is 1.64. The number of rotatable bonds is 3. The van der Waals surface area contributed by atoms with Crippen LogP contribution >= 0.6 is 0 Å². The Balaban J connectivity index is 2.21. The van der Waals surface area contributed by atoms with Crippen molar-refractivity contribution in [3.05, 3.63) is 51.3 Å². The molecule has 0 unspecified atom stereocenters. The molecule has 0 aliphatic heterocycles. The molecular formula is C12H11F2N3O2. The first-order valence-electron chi connectivity index (χ1n) is 5.47. The highest BCUT2D eigenvalue weighted by Crippen LogP contribution is 2.13. The minimum absolute atomic E-state index is 0.0551. The van der Waals surface area contributed by atoms with Gasteiger partial charge in [0.25, 0.3) is 5.56 Å². The van der Waals surface area contributed by atoms with Gasteiger partial charge in [0.2, 0.25) is 5.88 Å². The van der Waals surface area contributed by atoms with E-state index in [2.05, 4.69) is 15.0 Å². The quantitative estimate of drug-likeness (QED) is 0.918. The SMILES string of the molecule is Cc1nc(OCc2ncc(F)cc2F)c(C)c(=O)[nH]1. The first kappa shape index (κ1) is 13.1. The maximum Gasteiger partial charge on any atom is 0.257 e. The lowest BCUT2D eigenvalue weighted by Crippen LogP contribution is -2.15. The van der Waals surface area contributed by atoms with Crippen LogP contribution in [0.4, 0.5) is 8.78 Å². The second kappa shape index (κ2) is 5.13. The Labute approximate surface area is 107 Å². The fourth-order valence-corrected chi connectivity index (χ4v) is 1.45. The van der Waals surface area contributed by atoms with Crippen molar-refractivity contribution in [1.29, 1.82) is 0 Å². The molecule has 0 aliphatic rings. The van der Waals surface area contributed by atoms with E-state index in [1.165, 1.54) is 6.92 Å². The maximum absolute atomic E-state index is 13.3. The van der Waals surface area contributed by atoms with Crippen molar-refractivity contribution in [2.45, 2.75) is 20.5 Å². The van der Waals surface area contributed by atoms with Gasteiger partial charge in [-0.1, -0.05) is 0 Å². The van der Waals surface area contributed by atoms with E-state index in [1.807, 2.05) is 0 Å². The van der Waals surface area contributed by atoms with E-state index in [1.54, 1.807) is 6.92 Å². The molecule has 0 spiro atoms. The van der Waals surface area contributed by atoms with Gasteiger partial charge in [0.15, 0.2) is 5.82 Å². The number of H-pyrrole nitrogens is 1. The van der Waals surface area contributed by atoms with E-state index >= 15 is 0 Å². The zero-order chi connectivity index (χ0) is 14.0. The lowest BCUT2D eigenvalue weighted by Gasteiger charge is -2.08. The first-order chi connectivity index (χ1) is 8.97. The van der Waals surface area contributed by atoms with E-state index in [4.69, 9.17) is 4.74 Å². The van der Waals surface area contributed by atoms with Gasteiger partial charge in [0, 0.05) is 6.07 Å². The standard InChI is InChI=1S/C12H11F2N3O2/c1-6-11(18)16-7(2)17-12(6)19-5-10-9(14)3-8(13)4-15-10/h3-4H,5H2,1-2H3,(H,16,17,18). The molecular weight excluding hydrogens is 256 g/mol. The molecule has 0 radical (unpaired) electrons. The number of hydrogen-bond donors (Lipinski definition) is 1. The molecule has 2 aromatic rings. The first-order valence-corrected chi connectivity index (χ1v) is 5.47. The zero-order valence-electron chi connectivity index (χ0n) is 10.3. The summed E-state index contributed by atoms with van der Waals surface area (Å²) in [6.07, 6.45) is 0.894. The van der Waals surface area contributed by atoms with Crippen LogP contribution in [0.25, 0.3) is 0 Å². The van der Waals surface area contributed by atoms with Gasteiger partial charge in [-0.15, -0.1) is 0 Å². The number of ether oxygens (including phenoxy) is 1. The van der Waals surface area contributed by atoms with E-state index in [9.17, 15) is 13.6 Å². The van der Waals surface area contributed by atoms with Gasteiger partial charge in [-0.05, 0) is 13.8 Å². The van der Waals surface area contributed by atoms with Crippen molar-refractivity contribution in [3.63, 3.8) is 0 Å². The second-order valence-electron chi connectivity index (χ2n) is 3.95. The molecule has 2 rings (SSSR count). The van der Waals surface area contributed by atoms with Gasteiger partial charge in [0.05, 0.1) is 11.8 Å². The third-order valence-corrected chi connectivity index (χ3v) is 2.45. The minimum atomic E-state index is -0.806. The van der Waals surface area contributed by atoms with Crippen molar-refractivity contribution < 1.29 is 13.5 Å². The summed E-state index contributed by atoms with van der Waals surface area (Å²) in [4.78, 5) is 21.6. The van der Waals surface area contributed by atoms with E-state index in [-0.39, 0.29) is 29.3 Å². The monoisotopic (exact) mass is 267 g/mol. The van der Waals surface area contributed by atoms with Gasteiger partial charge >= 0.3 is 0 Å². The Morgan fingerprint density at radius 1 is 1.37 bits per heavy atom. The third kappa shape index (κ3) is 2.93. The Bertz CT molecular complexity index is 671. The predicted molar refractivity (Wildman–Crippen MR) is 62.8 cm³/mol. The van der Waals surface area contributed by atoms with Crippen LogP contribution in [0.15, 0.2) is 17.1 Å². The molecule has 19 heavy (non-hydrogen) atoms. The van der Waals surface area contributed by atoms with Crippen molar-refractivity contribution in [2.75, 3.05) is 0 Å². The summed E-state index contributed by atoms with van der Waals surface area (Å²) in [7, 11) is 0. The maximum atomic E-state index is 13.3. The van der Waals surface area contributed by atoms with Crippen molar-refractivity contribution in [3.8, 4) is 5.88 Å². The Morgan fingerprint density at radius 3 is 2.79 bits per heavy atom. The van der Waals surface area contributed by atoms with Gasteiger partial charge in [-0.25, -0.2) is 13.8 Å². The average Bonchev–Trinajstić information content (AvgIpc) is 2.33. The molecule has 1 N–H and O–H groups in total. The number of nitrogens with one attached hydrogen (secondary N) is 1. The summed E-state index contributed by atoms with van der Waals surface area (Å²) in [5.74, 6) is -1.08. The smallest absolute Gasteiger partial charge is 0.257 e. The minimum Gasteiger partial charge on any atom is -0.471 e. The summed E-state index contributed by atoms with van der Waals surface area (Å²) in [5, 5.41) is 0. The third-order valence-electron chi connectivity index (χ3n) is 2.45. The lowest BCUT2D eigenvalue weighted by molar-refractivity contribution is 0.278. The summed E-state index contributed by atoms with van der Waals surface area (Å²) in [6, 6.07) is 0.717. The van der Waals surface area contributed by atoms with Crippen LogP contribution in [0.5, 0.6) is 5.88 Å². The molecule has 0 saturated carbocycles. The molecule has 2 heterocycles. The van der Waals surface area contributed by atoms with Crippen LogP contribution in [-0.2, 0) is 6.61 Å². The molecule has 0 atom stereocenters. The number of aromatic nitrogens is 3. The zero-order valence-corrected chi connectivity index (χ0v) is 10.3. The Hall–Kier alpha value is -2.31. The number of nitrogens with zero attached hydrogens (tertiary/aromatic N) is 2.